The van der Waals surface area contributed by atoms with Gasteiger partial charge in [-0.2, -0.15) is 0 Å². The van der Waals surface area contributed by atoms with Crippen molar-refractivity contribution in [3.63, 3.8) is 0 Å². The SMILES string of the molecule is O=C(C[C@@H]1C[C@H]2CC[C@@H]1C2)NCc1cccc(Cn2ccnc2)c1. The lowest BCUT2D eigenvalue weighted by Gasteiger charge is -2.20. The van der Waals surface area contributed by atoms with E-state index in [0.717, 1.165) is 30.4 Å². The third-order valence-electron chi connectivity index (χ3n) is 5.74. The molecule has 1 amide bonds. The lowest BCUT2D eigenvalue weighted by Crippen LogP contribution is -2.26. The summed E-state index contributed by atoms with van der Waals surface area (Å²) in [7, 11) is 0. The highest BCUT2D eigenvalue weighted by atomic mass is 16.1. The van der Waals surface area contributed by atoms with Crippen molar-refractivity contribution in [2.24, 2.45) is 17.8 Å². The Hall–Kier alpha value is -2.10. The number of benzene rings is 1. The fraction of sp³-hybridized carbons (Fsp3) is 0.500. The zero-order valence-corrected chi connectivity index (χ0v) is 14.0. The Morgan fingerprint density at radius 2 is 2.17 bits per heavy atom. The summed E-state index contributed by atoms with van der Waals surface area (Å²) in [5.74, 6) is 2.58. The molecular formula is C20H25N3O. The second kappa shape index (κ2) is 6.80. The molecule has 2 saturated carbocycles. The molecule has 4 nitrogen and oxygen atoms in total. The van der Waals surface area contributed by atoms with Gasteiger partial charge >= 0.3 is 0 Å². The number of carbonyl (C=O) groups excluding carboxylic acids is 1. The number of amides is 1. The van der Waals surface area contributed by atoms with Gasteiger partial charge in [0, 0.05) is 31.9 Å². The van der Waals surface area contributed by atoms with E-state index in [0.29, 0.717) is 12.5 Å². The van der Waals surface area contributed by atoms with Crippen molar-refractivity contribution in [3.05, 3.63) is 54.1 Å². The fourth-order valence-electron chi connectivity index (χ4n) is 4.57. The van der Waals surface area contributed by atoms with Crippen molar-refractivity contribution in [1.29, 1.82) is 0 Å². The highest BCUT2D eigenvalue weighted by Gasteiger charge is 2.39. The van der Waals surface area contributed by atoms with Gasteiger partial charge in [-0.15, -0.1) is 0 Å². The van der Waals surface area contributed by atoms with Gasteiger partial charge in [0.05, 0.1) is 6.33 Å². The minimum Gasteiger partial charge on any atom is -0.352 e. The van der Waals surface area contributed by atoms with E-state index in [-0.39, 0.29) is 5.91 Å². The first-order valence-electron chi connectivity index (χ1n) is 9.06. The van der Waals surface area contributed by atoms with E-state index in [2.05, 4.69) is 34.6 Å². The van der Waals surface area contributed by atoms with Gasteiger partial charge in [-0.25, -0.2) is 4.98 Å². The van der Waals surface area contributed by atoms with Gasteiger partial charge < -0.3 is 9.88 Å². The average Bonchev–Trinajstić information content (AvgIpc) is 3.31. The number of rotatable bonds is 6. The first-order valence-corrected chi connectivity index (χ1v) is 9.06. The van der Waals surface area contributed by atoms with E-state index < -0.39 is 0 Å². The van der Waals surface area contributed by atoms with Crippen molar-refractivity contribution in [3.8, 4) is 0 Å². The van der Waals surface area contributed by atoms with Crippen molar-refractivity contribution in [2.45, 2.75) is 45.2 Å². The maximum absolute atomic E-state index is 12.3. The van der Waals surface area contributed by atoms with Crippen molar-refractivity contribution in [1.82, 2.24) is 14.9 Å². The predicted molar refractivity (Wildman–Crippen MR) is 93.2 cm³/mol. The van der Waals surface area contributed by atoms with Crippen LogP contribution in [0.5, 0.6) is 0 Å². The lowest BCUT2D eigenvalue weighted by atomic mass is 9.86. The van der Waals surface area contributed by atoms with Crippen LogP contribution in [0.1, 0.15) is 43.2 Å². The summed E-state index contributed by atoms with van der Waals surface area (Å²) >= 11 is 0. The minimum atomic E-state index is 0.215. The van der Waals surface area contributed by atoms with Gasteiger partial charge in [0.15, 0.2) is 0 Å². The molecule has 2 aromatic rings. The monoisotopic (exact) mass is 323 g/mol. The summed E-state index contributed by atoms with van der Waals surface area (Å²) in [5.41, 5.74) is 2.39. The van der Waals surface area contributed by atoms with Crippen LogP contribution in [0.4, 0.5) is 0 Å². The van der Waals surface area contributed by atoms with Crippen LogP contribution >= 0.6 is 0 Å². The molecule has 4 heteroatoms. The van der Waals surface area contributed by atoms with Crippen LogP contribution in [0.3, 0.4) is 0 Å². The number of carbonyl (C=O) groups is 1. The van der Waals surface area contributed by atoms with E-state index >= 15 is 0 Å². The summed E-state index contributed by atoms with van der Waals surface area (Å²) in [4.78, 5) is 16.3. The van der Waals surface area contributed by atoms with Crippen LogP contribution < -0.4 is 5.32 Å². The highest BCUT2D eigenvalue weighted by molar-refractivity contribution is 5.76. The van der Waals surface area contributed by atoms with Gasteiger partial charge in [0.2, 0.25) is 5.91 Å². The summed E-state index contributed by atoms with van der Waals surface area (Å²) in [6.07, 6.45) is 11.7. The third kappa shape index (κ3) is 3.53. The van der Waals surface area contributed by atoms with Gasteiger partial charge in [-0.3, -0.25) is 4.79 Å². The second-order valence-electron chi connectivity index (χ2n) is 7.47. The molecule has 2 aliphatic rings. The van der Waals surface area contributed by atoms with Gasteiger partial charge in [0.1, 0.15) is 0 Å². The molecule has 1 heterocycles. The molecule has 24 heavy (non-hydrogen) atoms. The molecule has 0 unspecified atom stereocenters. The Morgan fingerprint density at radius 3 is 2.92 bits per heavy atom. The van der Waals surface area contributed by atoms with Crippen molar-refractivity contribution in [2.75, 3.05) is 0 Å². The second-order valence-corrected chi connectivity index (χ2v) is 7.47. The number of nitrogens with zero attached hydrogens (tertiary/aromatic N) is 2. The normalized spacial score (nSPS) is 25.1. The van der Waals surface area contributed by atoms with E-state index in [1.807, 2.05) is 17.1 Å². The Kier molecular flexibility index (Phi) is 4.37. The quantitative estimate of drug-likeness (QED) is 0.886. The molecule has 2 fully saturated rings. The Balaban J connectivity index is 1.28. The zero-order chi connectivity index (χ0) is 16.4. The summed E-state index contributed by atoms with van der Waals surface area (Å²) in [6.45, 7) is 1.43. The first kappa shape index (κ1) is 15.4. The van der Waals surface area contributed by atoms with Crippen LogP contribution in [0.2, 0.25) is 0 Å². The molecule has 1 aromatic carbocycles. The Bertz CT molecular complexity index is 695. The smallest absolute Gasteiger partial charge is 0.220 e. The van der Waals surface area contributed by atoms with Gasteiger partial charge in [-0.1, -0.05) is 30.7 Å². The number of nitrogens with one attached hydrogen (secondary N) is 1. The van der Waals surface area contributed by atoms with Gasteiger partial charge in [-0.05, 0) is 48.1 Å². The maximum Gasteiger partial charge on any atom is 0.220 e. The molecule has 0 aliphatic heterocycles. The molecule has 1 aromatic heterocycles. The predicted octanol–water partition coefficient (Wildman–Crippen LogP) is 3.37. The maximum atomic E-state index is 12.3. The highest BCUT2D eigenvalue weighted by Crippen LogP contribution is 2.49. The van der Waals surface area contributed by atoms with E-state index in [1.54, 1.807) is 6.20 Å². The van der Waals surface area contributed by atoms with E-state index in [4.69, 9.17) is 0 Å². The first-order chi connectivity index (χ1) is 11.8. The molecule has 4 rings (SSSR count). The molecule has 2 bridgehead atoms. The van der Waals surface area contributed by atoms with Crippen LogP contribution in [-0.2, 0) is 17.9 Å². The zero-order valence-electron chi connectivity index (χ0n) is 14.0. The largest absolute Gasteiger partial charge is 0.352 e. The fourth-order valence-corrected chi connectivity index (χ4v) is 4.57. The van der Waals surface area contributed by atoms with Crippen LogP contribution in [0.15, 0.2) is 43.0 Å². The number of hydrogen-bond donors (Lipinski definition) is 1. The molecule has 2 aliphatic carbocycles. The van der Waals surface area contributed by atoms with Gasteiger partial charge in [0.25, 0.3) is 0 Å². The van der Waals surface area contributed by atoms with Crippen LogP contribution in [0.25, 0.3) is 0 Å². The number of aromatic nitrogens is 2. The van der Waals surface area contributed by atoms with E-state index in [9.17, 15) is 4.79 Å². The summed E-state index contributed by atoms with van der Waals surface area (Å²) in [5, 5.41) is 3.11. The molecule has 0 saturated heterocycles. The van der Waals surface area contributed by atoms with Crippen molar-refractivity contribution < 1.29 is 4.79 Å². The minimum absolute atomic E-state index is 0.215. The summed E-state index contributed by atoms with van der Waals surface area (Å²) < 4.78 is 2.05. The average molecular weight is 323 g/mol. The van der Waals surface area contributed by atoms with Crippen LogP contribution in [0, 0.1) is 17.8 Å². The van der Waals surface area contributed by atoms with Crippen LogP contribution in [-0.4, -0.2) is 15.5 Å². The molecule has 1 N–H and O–H groups in total. The van der Waals surface area contributed by atoms with E-state index in [1.165, 1.54) is 31.2 Å². The number of imidazole rings is 1. The Morgan fingerprint density at radius 1 is 1.25 bits per heavy atom. The lowest BCUT2D eigenvalue weighted by molar-refractivity contribution is -0.122. The molecule has 126 valence electrons. The number of hydrogen-bond acceptors (Lipinski definition) is 2. The molecule has 3 atom stereocenters. The standard InChI is InChI=1S/C20H25N3O/c24-20(11-19-10-15-4-5-18(19)9-15)22-12-16-2-1-3-17(8-16)13-23-7-6-21-14-23/h1-3,6-8,14-15,18-19H,4-5,9-13H2,(H,22,24)/t15-,18+,19-/m0/s1. The third-order valence-corrected chi connectivity index (χ3v) is 5.74. The summed E-state index contributed by atoms with van der Waals surface area (Å²) in [6, 6.07) is 8.41. The Labute approximate surface area is 143 Å². The number of fused-ring (bicyclic) bond motifs is 2. The topological polar surface area (TPSA) is 46.9 Å². The molecule has 0 spiro atoms. The molecular weight excluding hydrogens is 298 g/mol. The molecule has 0 radical (unpaired) electrons. The van der Waals surface area contributed by atoms with Crippen molar-refractivity contribution >= 4 is 5.91 Å².